The van der Waals surface area contributed by atoms with Gasteiger partial charge in [0.2, 0.25) is 0 Å². The number of thiophene rings is 1. The van der Waals surface area contributed by atoms with E-state index in [4.69, 9.17) is 0 Å². The van der Waals surface area contributed by atoms with Crippen molar-refractivity contribution in [2.45, 2.75) is 44.9 Å². The molecule has 1 aromatic carbocycles. The van der Waals surface area contributed by atoms with Crippen molar-refractivity contribution in [2.24, 2.45) is 0 Å². The van der Waals surface area contributed by atoms with Crippen LogP contribution in [0.5, 0.6) is 0 Å². The zero-order valence-corrected chi connectivity index (χ0v) is 14.0. The Morgan fingerprint density at radius 3 is 2.82 bits per heavy atom. The first-order chi connectivity index (χ1) is 10.8. The molecule has 4 heteroatoms. The van der Waals surface area contributed by atoms with Crippen LogP contribution in [-0.4, -0.2) is 19.1 Å². The highest BCUT2D eigenvalue weighted by Crippen LogP contribution is 2.38. The summed E-state index contributed by atoms with van der Waals surface area (Å²) in [5, 5.41) is 9.39. The van der Waals surface area contributed by atoms with E-state index in [0.29, 0.717) is 6.54 Å². The van der Waals surface area contributed by atoms with Gasteiger partial charge in [0.05, 0.1) is 0 Å². The van der Waals surface area contributed by atoms with E-state index in [9.17, 15) is 4.79 Å². The van der Waals surface area contributed by atoms with Gasteiger partial charge in [-0.2, -0.15) is 0 Å². The van der Waals surface area contributed by atoms with Gasteiger partial charge in [0.1, 0.15) is 0 Å². The number of nitrogens with one attached hydrogen (secondary N) is 2. The quantitative estimate of drug-likeness (QED) is 0.814. The molecule has 1 aliphatic rings. The molecule has 1 heterocycles. The lowest BCUT2D eigenvalue weighted by Crippen LogP contribution is -2.36. The van der Waals surface area contributed by atoms with Crippen LogP contribution in [0.25, 0.3) is 10.1 Å². The van der Waals surface area contributed by atoms with Gasteiger partial charge >= 0.3 is 6.03 Å². The molecule has 2 aromatic rings. The lowest BCUT2D eigenvalue weighted by atomic mass is 9.80. The van der Waals surface area contributed by atoms with Gasteiger partial charge in [0, 0.05) is 17.8 Å². The highest BCUT2D eigenvalue weighted by Gasteiger charge is 2.20. The molecule has 1 aromatic heterocycles. The number of hydrogen-bond acceptors (Lipinski definition) is 2. The van der Waals surface area contributed by atoms with Gasteiger partial charge in [-0.15, -0.1) is 11.3 Å². The summed E-state index contributed by atoms with van der Waals surface area (Å²) in [7, 11) is 0. The number of rotatable bonds is 6. The monoisotopic (exact) mass is 316 g/mol. The third-order valence-electron chi connectivity index (χ3n) is 4.47. The molecule has 1 fully saturated rings. The van der Waals surface area contributed by atoms with Crippen molar-refractivity contribution < 1.29 is 4.79 Å². The minimum atomic E-state index is -0.0588. The van der Waals surface area contributed by atoms with Crippen LogP contribution in [0.1, 0.15) is 49.7 Å². The first kappa shape index (κ1) is 15.3. The lowest BCUT2D eigenvalue weighted by molar-refractivity contribution is 0.241. The standard InChI is InChI=1S/C18H24N2OS/c1-2-9-19-18(21)20-10-8-15-12-22-17-7-6-14(11-16(15)17)13-4-3-5-13/h6-7,11-13H,2-5,8-10H2,1H3,(H2,19,20,21). The predicted octanol–water partition coefficient (Wildman–Crippen LogP) is 4.42. The molecule has 0 spiro atoms. The van der Waals surface area contributed by atoms with E-state index in [2.05, 4.69) is 41.1 Å². The second-order valence-electron chi connectivity index (χ2n) is 6.08. The van der Waals surface area contributed by atoms with E-state index in [1.165, 1.54) is 40.5 Å². The molecule has 0 bridgehead atoms. The summed E-state index contributed by atoms with van der Waals surface area (Å²) in [4.78, 5) is 11.6. The van der Waals surface area contributed by atoms with Crippen molar-refractivity contribution in [1.82, 2.24) is 10.6 Å². The normalized spacial score (nSPS) is 14.8. The molecule has 118 valence electrons. The Kier molecular flexibility index (Phi) is 4.98. The Labute approximate surface area is 136 Å². The summed E-state index contributed by atoms with van der Waals surface area (Å²) in [6.45, 7) is 3.48. The average molecular weight is 316 g/mol. The summed E-state index contributed by atoms with van der Waals surface area (Å²) >= 11 is 1.80. The number of urea groups is 1. The van der Waals surface area contributed by atoms with Crippen molar-refractivity contribution in [1.29, 1.82) is 0 Å². The van der Waals surface area contributed by atoms with Gasteiger partial charge < -0.3 is 10.6 Å². The summed E-state index contributed by atoms with van der Waals surface area (Å²) in [6.07, 6.45) is 5.91. The third-order valence-corrected chi connectivity index (χ3v) is 5.48. The predicted molar refractivity (Wildman–Crippen MR) is 93.8 cm³/mol. The second-order valence-corrected chi connectivity index (χ2v) is 6.99. The smallest absolute Gasteiger partial charge is 0.314 e. The van der Waals surface area contributed by atoms with Crippen LogP contribution in [0, 0.1) is 0 Å². The second kappa shape index (κ2) is 7.14. The summed E-state index contributed by atoms with van der Waals surface area (Å²) in [5.74, 6) is 0.773. The van der Waals surface area contributed by atoms with Crippen molar-refractivity contribution >= 4 is 27.5 Å². The SMILES string of the molecule is CCCNC(=O)NCCc1csc2ccc(C3CCC3)cc12. The Morgan fingerprint density at radius 1 is 1.27 bits per heavy atom. The Bertz CT molecular complexity index is 646. The zero-order chi connectivity index (χ0) is 15.4. The Balaban J connectivity index is 1.62. The molecule has 2 amide bonds. The fourth-order valence-electron chi connectivity index (χ4n) is 2.90. The van der Waals surface area contributed by atoms with E-state index < -0.39 is 0 Å². The maximum Gasteiger partial charge on any atom is 0.314 e. The maximum absolute atomic E-state index is 11.6. The summed E-state index contributed by atoms with van der Waals surface area (Å²) < 4.78 is 1.36. The van der Waals surface area contributed by atoms with Gasteiger partial charge in [-0.05, 0) is 65.6 Å². The minimum Gasteiger partial charge on any atom is -0.338 e. The number of hydrogen-bond donors (Lipinski definition) is 2. The molecule has 3 nitrogen and oxygen atoms in total. The molecule has 0 unspecified atom stereocenters. The molecule has 22 heavy (non-hydrogen) atoms. The summed E-state index contributed by atoms with van der Waals surface area (Å²) in [6, 6.07) is 6.88. The van der Waals surface area contributed by atoms with Gasteiger partial charge in [-0.3, -0.25) is 0 Å². The van der Waals surface area contributed by atoms with Gasteiger partial charge in [0.25, 0.3) is 0 Å². The number of fused-ring (bicyclic) bond motifs is 1. The Hall–Kier alpha value is -1.55. The van der Waals surface area contributed by atoms with Crippen LogP contribution in [-0.2, 0) is 6.42 Å². The fourth-order valence-corrected chi connectivity index (χ4v) is 3.88. The number of benzene rings is 1. The van der Waals surface area contributed by atoms with E-state index in [-0.39, 0.29) is 6.03 Å². The highest BCUT2D eigenvalue weighted by atomic mass is 32.1. The highest BCUT2D eigenvalue weighted by molar-refractivity contribution is 7.17. The van der Waals surface area contributed by atoms with Crippen molar-refractivity contribution in [3.63, 3.8) is 0 Å². The number of amides is 2. The van der Waals surface area contributed by atoms with Crippen LogP contribution in [0.2, 0.25) is 0 Å². The van der Waals surface area contributed by atoms with Crippen LogP contribution in [0.3, 0.4) is 0 Å². The minimum absolute atomic E-state index is 0.0588. The Morgan fingerprint density at radius 2 is 2.09 bits per heavy atom. The lowest BCUT2D eigenvalue weighted by Gasteiger charge is -2.25. The van der Waals surface area contributed by atoms with E-state index in [1.807, 2.05) is 0 Å². The molecule has 2 N–H and O–H groups in total. The molecule has 3 rings (SSSR count). The van der Waals surface area contributed by atoms with E-state index in [0.717, 1.165) is 25.3 Å². The molecule has 0 atom stereocenters. The number of carbonyl (C=O) groups excluding carboxylic acids is 1. The van der Waals surface area contributed by atoms with Gasteiger partial charge in [-0.25, -0.2) is 4.79 Å². The van der Waals surface area contributed by atoms with Crippen LogP contribution < -0.4 is 10.6 Å². The largest absolute Gasteiger partial charge is 0.338 e. The van der Waals surface area contributed by atoms with E-state index in [1.54, 1.807) is 11.3 Å². The molecule has 0 radical (unpaired) electrons. The maximum atomic E-state index is 11.6. The summed E-state index contributed by atoms with van der Waals surface area (Å²) in [5.41, 5.74) is 2.85. The van der Waals surface area contributed by atoms with Crippen molar-refractivity contribution in [3.05, 3.63) is 34.7 Å². The van der Waals surface area contributed by atoms with Gasteiger partial charge in [0.15, 0.2) is 0 Å². The van der Waals surface area contributed by atoms with Crippen molar-refractivity contribution in [2.75, 3.05) is 13.1 Å². The molecule has 1 saturated carbocycles. The van der Waals surface area contributed by atoms with Crippen LogP contribution >= 0.6 is 11.3 Å². The third kappa shape index (κ3) is 3.43. The topological polar surface area (TPSA) is 41.1 Å². The first-order valence-corrected chi connectivity index (χ1v) is 9.17. The molecule has 0 aliphatic heterocycles. The van der Waals surface area contributed by atoms with Gasteiger partial charge in [-0.1, -0.05) is 19.4 Å². The average Bonchev–Trinajstić information content (AvgIpc) is 2.86. The number of carbonyl (C=O) groups is 1. The first-order valence-electron chi connectivity index (χ1n) is 8.29. The molecule has 1 aliphatic carbocycles. The molecular weight excluding hydrogens is 292 g/mol. The van der Waals surface area contributed by atoms with E-state index >= 15 is 0 Å². The molecule has 0 saturated heterocycles. The fraction of sp³-hybridized carbons (Fsp3) is 0.500. The van der Waals surface area contributed by atoms with Crippen LogP contribution in [0.4, 0.5) is 4.79 Å². The molecular formula is C18H24N2OS. The van der Waals surface area contributed by atoms with Crippen molar-refractivity contribution in [3.8, 4) is 0 Å². The van der Waals surface area contributed by atoms with Crippen LogP contribution in [0.15, 0.2) is 23.6 Å². The zero-order valence-electron chi connectivity index (χ0n) is 13.2.